The Morgan fingerprint density at radius 1 is 1.24 bits per heavy atom. The third kappa shape index (κ3) is 6.55. The predicted molar refractivity (Wildman–Crippen MR) is 87.8 cm³/mol. The summed E-state index contributed by atoms with van der Waals surface area (Å²) in [5, 5.41) is 3.48. The van der Waals surface area contributed by atoms with Crippen LogP contribution in [0, 0.1) is 12.3 Å². The van der Waals surface area contributed by atoms with Crippen molar-refractivity contribution in [2.45, 2.75) is 52.6 Å². The number of hydrogen-bond donors (Lipinski definition) is 1. The Bertz CT molecular complexity index is 469. The molecule has 116 valence electrons. The maximum atomic E-state index is 5.93. The van der Waals surface area contributed by atoms with E-state index in [1.807, 2.05) is 19.1 Å². The Morgan fingerprint density at radius 2 is 2.00 bits per heavy atom. The van der Waals surface area contributed by atoms with Gasteiger partial charge in [-0.1, -0.05) is 12.1 Å². The molecule has 0 saturated carbocycles. The van der Waals surface area contributed by atoms with Gasteiger partial charge in [-0.2, -0.15) is 0 Å². The van der Waals surface area contributed by atoms with E-state index in [2.05, 4.69) is 38.1 Å². The zero-order chi connectivity index (χ0) is 15.7. The zero-order valence-corrected chi connectivity index (χ0v) is 13.7. The van der Waals surface area contributed by atoms with Crippen LogP contribution in [0.4, 0.5) is 0 Å². The summed E-state index contributed by atoms with van der Waals surface area (Å²) in [6.07, 6.45) is 6.85. The molecule has 0 atom stereocenters. The number of ether oxygens (including phenoxy) is 2. The molecule has 0 bridgehead atoms. The van der Waals surface area contributed by atoms with Crippen LogP contribution >= 0.6 is 0 Å². The minimum atomic E-state index is 0.0579. The monoisotopic (exact) mass is 289 g/mol. The Balaban J connectivity index is 2.83. The van der Waals surface area contributed by atoms with Crippen LogP contribution in [0.1, 0.15) is 46.1 Å². The smallest absolute Gasteiger partial charge is 0.165 e. The molecule has 0 saturated heterocycles. The maximum absolute atomic E-state index is 5.93. The van der Waals surface area contributed by atoms with Crippen LogP contribution in [0.25, 0.3) is 0 Å². The average Bonchev–Trinajstić information content (AvgIpc) is 2.42. The van der Waals surface area contributed by atoms with Gasteiger partial charge in [0.1, 0.15) is 0 Å². The van der Waals surface area contributed by atoms with Gasteiger partial charge in [0.25, 0.3) is 0 Å². The number of nitrogens with one attached hydrogen (secondary N) is 1. The van der Waals surface area contributed by atoms with E-state index >= 15 is 0 Å². The van der Waals surface area contributed by atoms with Crippen molar-refractivity contribution < 1.29 is 9.47 Å². The molecular weight excluding hydrogens is 262 g/mol. The van der Waals surface area contributed by atoms with Crippen molar-refractivity contribution in [1.82, 2.24) is 5.32 Å². The molecule has 0 aliphatic heterocycles. The van der Waals surface area contributed by atoms with Crippen molar-refractivity contribution in [1.29, 1.82) is 0 Å². The topological polar surface area (TPSA) is 30.5 Å². The zero-order valence-electron chi connectivity index (χ0n) is 13.7. The molecule has 0 unspecified atom stereocenters. The molecule has 1 aromatic rings. The number of para-hydroxylation sites is 1. The quantitative estimate of drug-likeness (QED) is 0.584. The second-order valence-corrected chi connectivity index (χ2v) is 5.94. The Morgan fingerprint density at radius 3 is 2.62 bits per heavy atom. The fourth-order valence-electron chi connectivity index (χ4n) is 1.84. The minimum absolute atomic E-state index is 0.0579. The van der Waals surface area contributed by atoms with E-state index in [1.54, 1.807) is 0 Å². The van der Waals surface area contributed by atoms with Gasteiger partial charge >= 0.3 is 0 Å². The molecule has 3 nitrogen and oxygen atoms in total. The van der Waals surface area contributed by atoms with Gasteiger partial charge in [0.2, 0.25) is 0 Å². The van der Waals surface area contributed by atoms with Crippen LogP contribution in [-0.2, 0) is 6.54 Å². The van der Waals surface area contributed by atoms with Gasteiger partial charge in [0, 0.05) is 24.1 Å². The highest BCUT2D eigenvalue weighted by Crippen LogP contribution is 2.32. The molecule has 0 heterocycles. The highest BCUT2D eigenvalue weighted by molar-refractivity contribution is 5.46. The van der Waals surface area contributed by atoms with Crippen LogP contribution in [-0.4, -0.2) is 18.8 Å². The summed E-state index contributed by atoms with van der Waals surface area (Å²) in [5.74, 6) is 4.25. The third-order valence-corrected chi connectivity index (χ3v) is 2.88. The summed E-state index contributed by atoms with van der Waals surface area (Å²) in [5.41, 5.74) is 1.17. The highest BCUT2D eigenvalue weighted by atomic mass is 16.5. The SMILES string of the molecule is C#CCCCOc1c(CNC(C)(C)C)cccc1OCC. The molecule has 1 rings (SSSR count). The van der Waals surface area contributed by atoms with E-state index in [0.717, 1.165) is 36.4 Å². The summed E-state index contributed by atoms with van der Waals surface area (Å²) >= 11 is 0. The Labute approximate surface area is 129 Å². The van der Waals surface area contributed by atoms with Crippen molar-refractivity contribution in [2.75, 3.05) is 13.2 Å². The normalized spacial score (nSPS) is 11.0. The lowest BCUT2D eigenvalue weighted by atomic mass is 10.1. The molecule has 3 heteroatoms. The minimum Gasteiger partial charge on any atom is -0.490 e. The molecule has 0 aliphatic rings. The van der Waals surface area contributed by atoms with Crippen molar-refractivity contribution in [3.63, 3.8) is 0 Å². The van der Waals surface area contributed by atoms with Gasteiger partial charge in [-0.05, 0) is 40.2 Å². The van der Waals surface area contributed by atoms with Gasteiger partial charge in [-0.25, -0.2) is 0 Å². The lowest BCUT2D eigenvalue weighted by Gasteiger charge is -2.22. The van der Waals surface area contributed by atoms with Gasteiger partial charge < -0.3 is 14.8 Å². The maximum Gasteiger partial charge on any atom is 0.165 e. The van der Waals surface area contributed by atoms with Gasteiger partial charge in [0.05, 0.1) is 13.2 Å². The molecule has 1 N–H and O–H groups in total. The molecule has 1 aromatic carbocycles. The third-order valence-electron chi connectivity index (χ3n) is 2.88. The summed E-state index contributed by atoms with van der Waals surface area (Å²) in [6, 6.07) is 6.01. The first kappa shape index (κ1) is 17.4. The second-order valence-electron chi connectivity index (χ2n) is 5.94. The number of benzene rings is 1. The van der Waals surface area contributed by atoms with Gasteiger partial charge in [-0.3, -0.25) is 0 Å². The summed E-state index contributed by atoms with van der Waals surface area (Å²) in [7, 11) is 0. The number of unbranched alkanes of at least 4 members (excludes halogenated alkanes) is 1. The first-order chi connectivity index (χ1) is 9.98. The van der Waals surface area contributed by atoms with Crippen LogP contribution in [0.2, 0.25) is 0 Å². The van der Waals surface area contributed by atoms with E-state index < -0.39 is 0 Å². The Hall–Kier alpha value is -1.66. The lowest BCUT2D eigenvalue weighted by Crippen LogP contribution is -2.35. The standard InChI is InChI=1S/C18H27NO2/c1-6-8-9-13-21-17-15(14-19-18(3,4)5)11-10-12-16(17)20-7-2/h1,10-12,19H,7-9,13-14H2,2-5H3. The summed E-state index contributed by atoms with van der Waals surface area (Å²) < 4.78 is 11.6. The molecular formula is C18H27NO2. The largest absolute Gasteiger partial charge is 0.490 e. The van der Waals surface area contributed by atoms with Crippen molar-refractivity contribution in [3.8, 4) is 23.8 Å². The molecule has 0 spiro atoms. The van der Waals surface area contributed by atoms with Gasteiger partial charge in [0.15, 0.2) is 11.5 Å². The van der Waals surface area contributed by atoms with Crippen LogP contribution in [0.5, 0.6) is 11.5 Å². The molecule has 0 aliphatic carbocycles. The second kappa shape index (κ2) is 8.59. The van der Waals surface area contributed by atoms with Crippen LogP contribution in [0.3, 0.4) is 0 Å². The predicted octanol–water partition coefficient (Wildman–Crippen LogP) is 3.77. The summed E-state index contributed by atoms with van der Waals surface area (Å²) in [4.78, 5) is 0. The average molecular weight is 289 g/mol. The van der Waals surface area contributed by atoms with Crippen LogP contribution < -0.4 is 14.8 Å². The van der Waals surface area contributed by atoms with E-state index in [-0.39, 0.29) is 5.54 Å². The fourth-order valence-corrected chi connectivity index (χ4v) is 1.84. The van der Waals surface area contributed by atoms with Crippen molar-refractivity contribution in [2.24, 2.45) is 0 Å². The molecule has 0 fully saturated rings. The van der Waals surface area contributed by atoms with Crippen LogP contribution in [0.15, 0.2) is 18.2 Å². The fraction of sp³-hybridized carbons (Fsp3) is 0.556. The first-order valence-corrected chi connectivity index (χ1v) is 7.54. The molecule has 0 aromatic heterocycles. The van der Waals surface area contributed by atoms with E-state index in [9.17, 15) is 0 Å². The van der Waals surface area contributed by atoms with E-state index in [1.165, 1.54) is 0 Å². The van der Waals surface area contributed by atoms with E-state index in [0.29, 0.717) is 13.2 Å². The molecule has 0 radical (unpaired) electrons. The molecule has 0 amide bonds. The number of rotatable bonds is 8. The van der Waals surface area contributed by atoms with Gasteiger partial charge in [-0.15, -0.1) is 12.3 Å². The molecule has 21 heavy (non-hydrogen) atoms. The van der Waals surface area contributed by atoms with Crippen molar-refractivity contribution >= 4 is 0 Å². The lowest BCUT2D eigenvalue weighted by molar-refractivity contribution is 0.270. The highest BCUT2D eigenvalue weighted by Gasteiger charge is 2.14. The first-order valence-electron chi connectivity index (χ1n) is 7.54. The Kier molecular flexibility index (Phi) is 7.11. The van der Waals surface area contributed by atoms with Crippen molar-refractivity contribution in [3.05, 3.63) is 23.8 Å². The number of hydrogen-bond acceptors (Lipinski definition) is 3. The number of terminal acetylenes is 1. The van der Waals surface area contributed by atoms with E-state index in [4.69, 9.17) is 15.9 Å². The summed E-state index contributed by atoms with van der Waals surface area (Å²) in [6.45, 7) is 10.4.